The maximum atomic E-state index is 11.7. The van der Waals surface area contributed by atoms with Gasteiger partial charge in [-0.25, -0.2) is 4.79 Å². The number of carbonyl (C=O) groups excluding carboxylic acids is 1. The minimum absolute atomic E-state index is 0.0765. The zero-order valence-electron chi connectivity index (χ0n) is 11.7. The smallest absolute Gasteiger partial charge is 0.319 e. The third-order valence-electron chi connectivity index (χ3n) is 3.44. The Bertz CT molecular complexity index is 457. The van der Waals surface area contributed by atoms with Gasteiger partial charge in [0.2, 0.25) is 0 Å². The third-order valence-corrected chi connectivity index (χ3v) is 3.44. The first kappa shape index (κ1) is 13.9. The van der Waals surface area contributed by atoms with Crippen molar-refractivity contribution in [3.8, 4) is 0 Å². The van der Waals surface area contributed by atoms with E-state index in [1.807, 2.05) is 20.8 Å². The minimum atomic E-state index is -0.256. The predicted molar refractivity (Wildman–Crippen MR) is 73.0 cm³/mol. The van der Waals surface area contributed by atoms with Crippen molar-refractivity contribution in [2.24, 2.45) is 5.41 Å². The van der Waals surface area contributed by atoms with Crippen LogP contribution in [-0.4, -0.2) is 34.1 Å². The van der Waals surface area contributed by atoms with Gasteiger partial charge in [-0.15, -0.1) is 0 Å². The Morgan fingerprint density at radius 1 is 1.53 bits per heavy atom. The van der Waals surface area contributed by atoms with Crippen LogP contribution in [-0.2, 0) is 5.54 Å². The molecule has 1 heterocycles. The molecule has 1 aromatic heterocycles. The van der Waals surface area contributed by atoms with Crippen LogP contribution < -0.4 is 10.6 Å². The first-order chi connectivity index (χ1) is 8.85. The average Bonchev–Trinajstić information content (AvgIpc) is 2.96. The molecule has 6 nitrogen and oxygen atoms in total. The summed E-state index contributed by atoms with van der Waals surface area (Å²) in [5, 5.41) is 18.9. The first-order valence-corrected chi connectivity index (χ1v) is 6.56. The molecule has 2 rings (SSSR count). The minimum Gasteiger partial charge on any atom is -0.396 e. The summed E-state index contributed by atoms with van der Waals surface area (Å²) < 4.78 is 1.80. The van der Waals surface area contributed by atoms with Crippen LogP contribution in [0.5, 0.6) is 0 Å². The number of urea groups is 1. The summed E-state index contributed by atoms with van der Waals surface area (Å²) in [5.74, 6) is 0. The lowest BCUT2D eigenvalue weighted by Gasteiger charge is -2.18. The molecule has 1 fully saturated rings. The number of aliphatic hydroxyl groups excluding tert-OH is 1. The Balaban J connectivity index is 1.84. The van der Waals surface area contributed by atoms with E-state index < -0.39 is 0 Å². The fourth-order valence-corrected chi connectivity index (χ4v) is 1.76. The van der Waals surface area contributed by atoms with Crippen LogP contribution in [0.1, 0.15) is 33.6 Å². The molecule has 0 bridgehead atoms. The molecule has 0 saturated heterocycles. The van der Waals surface area contributed by atoms with E-state index in [4.69, 9.17) is 5.11 Å². The largest absolute Gasteiger partial charge is 0.396 e. The Hall–Kier alpha value is -1.56. The summed E-state index contributed by atoms with van der Waals surface area (Å²) in [6.45, 7) is 6.78. The van der Waals surface area contributed by atoms with E-state index in [9.17, 15) is 4.79 Å². The molecule has 0 spiro atoms. The van der Waals surface area contributed by atoms with Crippen molar-refractivity contribution < 1.29 is 9.90 Å². The zero-order valence-corrected chi connectivity index (χ0v) is 11.7. The molecule has 1 aliphatic rings. The summed E-state index contributed by atoms with van der Waals surface area (Å²) in [4.78, 5) is 11.7. The summed E-state index contributed by atoms with van der Waals surface area (Å²) in [7, 11) is 0. The van der Waals surface area contributed by atoms with E-state index in [0.717, 1.165) is 12.8 Å². The number of amides is 2. The van der Waals surface area contributed by atoms with Crippen LogP contribution in [0, 0.1) is 5.41 Å². The lowest BCUT2D eigenvalue weighted by Crippen LogP contribution is -2.35. The van der Waals surface area contributed by atoms with Crippen LogP contribution >= 0.6 is 0 Å². The molecule has 0 aromatic carbocycles. The monoisotopic (exact) mass is 266 g/mol. The maximum absolute atomic E-state index is 11.7. The molecule has 6 heteroatoms. The molecule has 1 aromatic rings. The molecule has 3 N–H and O–H groups in total. The summed E-state index contributed by atoms with van der Waals surface area (Å²) >= 11 is 0. The van der Waals surface area contributed by atoms with E-state index in [2.05, 4.69) is 15.7 Å². The quantitative estimate of drug-likeness (QED) is 0.773. The van der Waals surface area contributed by atoms with Crippen molar-refractivity contribution in [3.63, 3.8) is 0 Å². The number of aromatic nitrogens is 2. The maximum Gasteiger partial charge on any atom is 0.319 e. The normalized spacial score (nSPS) is 17.1. The molecule has 106 valence electrons. The van der Waals surface area contributed by atoms with Crippen LogP contribution in [0.2, 0.25) is 0 Å². The molecule has 0 aliphatic heterocycles. The van der Waals surface area contributed by atoms with Crippen molar-refractivity contribution >= 4 is 11.7 Å². The molecular weight excluding hydrogens is 244 g/mol. The molecule has 2 amide bonds. The van der Waals surface area contributed by atoms with Gasteiger partial charge in [0.05, 0.1) is 24.0 Å². The van der Waals surface area contributed by atoms with E-state index >= 15 is 0 Å². The summed E-state index contributed by atoms with van der Waals surface area (Å²) in [5.41, 5.74) is 0.486. The standard InChI is InChI=1S/C13H22N4O2/c1-12(2,3)17-7-10(6-15-17)16-11(19)14-8-13(9-18)4-5-13/h6-7,18H,4-5,8-9H2,1-3H3,(H2,14,16,19). The van der Waals surface area contributed by atoms with Gasteiger partial charge < -0.3 is 15.7 Å². The number of hydrogen-bond acceptors (Lipinski definition) is 3. The van der Waals surface area contributed by atoms with Gasteiger partial charge in [0.1, 0.15) is 0 Å². The van der Waals surface area contributed by atoms with E-state index in [1.54, 1.807) is 17.1 Å². The number of hydrogen-bond donors (Lipinski definition) is 3. The molecule has 19 heavy (non-hydrogen) atoms. The Labute approximate surface area is 113 Å². The van der Waals surface area contributed by atoms with Crippen LogP contribution in [0.15, 0.2) is 12.4 Å². The number of nitrogens with one attached hydrogen (secondary N) is 2. The fraction of sp³-hybridized carbons (Fsp3) is 0.692. The van der Waals surface area contributed by atoms with Gasteiger partial charge in [0.25, 0.3) is 0 Å². The zero-order chi connectivity index (χ0) is 14.1. The summed E-state index contributed by atoms with van der Waals surface area (Å²) in [6.07, 6.45) is 5.39. The van der Waals surface area contributed by atoms with Crippen molar-refractivity contribution in [3.05, 3.63) is 12.4 Å². The SMILES string of the molecule is CC(C)(C)n1cc(NC(=O)NCC2(CO)CC2)cn1. The third kappa shape index (κ3) is 3.47. The van der Waals surface area contributed by atoms with Crippen molar-refractivity contribution in [1.82, 2.24) is 15.1 Å². The molecule has 0 radical (unpaired) electrons. The van der Waals surface area contributed by atoms with Crippen LogP contribution in [0.25, 0.3) is 0 Å². The number of rotatable bonds is 4. The van der Waals surface area contributed by atoms with Crippen molar-refractivity contribution in [2.75, 3.05) is 18.5 Å². The molecule has 0 atom stereocenters. The first-order valence-electron chi connectivity index (χ1n) is 6.56. The van der Waals surface area contributed by atoms with Gasteiger partial charge >= 0.3 is 6.03 Å². The summed E-state index contributed by atoms with van der Waals surface area (Å²) in [6, 6.07) is -0.256. The predicted octanol–water partition coefficient (Wildman–Crippen LogP) is 1.53. The Morgan fingerprint density at radius 3 is 2.68 bits per heavy atom. The van der Waals surface area contributed by atoms with E-state index in [-0.39, 0.29) is 23.6 Å². The average molecular weight is 266 g/mol. The lowest BCUT2D eigenvalue weighted by atomic mass is 10.1. The number of aliphatic hydroxyl groups is 1. The van der Waals surface area contributed by atoms with Crippen LogP contribution in [0.4, 0.5) is 10.5 Å². The van der Waals surface area contributed by atoms with Gasteiger partial charge in [0, 0.05) is 18.2 Å². The van der Waals surface area contributed by atoms with Crippen LogP contribution in [0.3, 0.4) is 0 Å². The van der Waals surface area contributed by atoms with Gasteiger partial charge in [-0.2, -0.15) is 5.10 Å². The molecule has 1 aliphatic carbocycles. The Morgan fingerprint density at radius 2 is 2.21 bits per heavy atom. The second-order valence-electron chi connectivity index (χ2n) is 6.31. The number of carbonyl (C=O) groups is 1. The highest BCUT2D eigenvalue weighted by molar-refractivity contribution is 5.88. The molecular formula is C13H22N4O2. The van der Waals surface area contributed by atoms with Crippen molar-refractivity contribution in [1.29, 1.82) is 0 Å². The number of nitrogens with zero attached hydrogens (tertiary/aromatic N) is 2. The van der Waals surface area contributed by atoms with Gasteiger partial charge in [0.15, 0.2) is 0 Å². The lowest BCUT2D eigenvalue weighted by molar-refractivity contribution is 0.206. The highest BCUT2D eigenvalue weighted by atomic mass is 16.3. The Kier molecular flexibility index (Phi) is 3.54. The molecule has 1 saturated carbocycles. The number of anilines is 1. The van der Waals surface area contributed by atoms with Crippen molar-refractivity contribution in [2.45, 2.75) is 39.2 Å². The van der Waals surface area contributed by atoms with E-state index in [0.29, 0.717) is 12.2 Å². The second kappa shape index (κ2) is 4.85. The van der Waals surface area contributed by atoms with Gasteiger partial charge in [-0.3, -0.25) is 4.68 Å². The second-order valence-corrected chi connectivity index (χ2v) is 6.31. The topological polar surface area (TPSA) is 79.2 Å². The van der Waals surface area contributed by atoms with E-state index in [1.165, 1.54) is 0 Å². The fourth-order valence-electron chi connectivity index (χ4n) is 1.76. The van der Waals surface area contributed by atoms with Gasteiger partial charge in [-0.1, -0.05) is 0 Å². The molecule has 0 unspecified atom stereocenters. The highest BCUT2D eigenvalue weighted by Gasteiger charge is 2.42. The van der Waals surface area contributed by atoms with Gasteiger partial charge in [-0.05, 0) is 33.6 Å². The highest BCUT2D eigenvalue weighted by Crippen LogP contribution is 2.44.